The Hall–Kier alpha value is -2.64. The van der Waals surface area contributed by atoms with Gasteiger partial charge in [-0.3, -0.25) is 4.79 Å². The third-order valence-electron chi connectivity index (χ3n) is 8.02. The summed E-state index contributed by atoms with van der Waals surface area (Å²) in [5, 5.41) is 21.9. The van der Waals surface area contributed by atoms with Crippen molar-refractivity contribution >= 4 is 5.97 Å². The predicted octanol–water partition coefficient (Wildman–Crippen LogP) is 1.60. The van der Waals surface area contributed by atoms with Crippen molar-refractivity contribution in [2.75, 3.05) is 20.7 Å². The number of fused-ring (bicyclic) bond motifs is 2. The van der Waals surface area contributed by atoms with Crippen molar-refractivity contribution in [1.29, 1.82) is 0 Å². The Kier molecular flexibility index (Phi) is 4.37. The monoisotopic (exact) mass is 424 g/mol. The molecule has 31 heavy (non-hydrogen) atoms. The SMILES string of the molecule is CCn1c2c(cc(C(=O)O)c1=O)C[C@@]1(O)[C@H]3Cc4ccc(OC)cc4[C@@]1(CCN3C)C2. The smallest absolute Gasteiger partial charge is 0.341 e. The molecular formula is C24H28N2O5. The zero-order valence-electron chi connectivity index (χ0n) is 18.1. The standard InChI is InChI=1S/C24H28N2O5/c1-4-26-19-13-23-7-8-25(2)20(10-14-5-6-16(31-3)11-18(14)23)24(23,30)12-15(19)9-17(21(26)27)22(28)29/h5-6,9,11,20,30H,4,7-8,10,12-13H2,1-3H3,(H,28,29)/t20-,23-,24-/m1/s1. The van der Waals surface area contributed by atoms with Gasteiger partial charge in [0.2, 0.25) is 0 Å². The van der Waals surface area contributed by atoms with Gasteiger partial charge in [-0.05, 0) is 68.2 Å². The van der Waals surface area contributed by atoms with Gasteiger partial charge in [-0.1, -0.05) is 6.07 Å². The number of piperidine rings is 1. The van der Waals surface area contributed by atoms with Gasteiger partial charge in [-0.15, -0.1) is 0 Å². The van der Waals surface area contributed by atoms with E-state index < -0.39 is 22.5 Å². The Morgan fingerprint density at radius 2 is 2.03 bits per heavy atom. The van der Waals surface area contributed by atoms with Gasteiger partial charge < -0.3 is 24.4 Å². The van der Waals surface area contributed by atoms with Crippen LogP contribution in [0.5, 0.6) is 5.75 Å². The first-order valence-electron chi connectivity index (χ1n) is 10.8. The summed E-state index contributed by atoms with van der Waals surface area (Å²) in [6.45, 7) is 3.11. The molecular weight excluding hydrogens is 396 g/mol. The van der Waals surface area contributed by atoms with E-state index in [9.17, 15) is 19.8 Å². The summed E-state index contributed by atoms with van der Waals surface area (Å²) in [6.07, 6.45) is 2.32. The number of carbonyl (C=O) groups is 1. The molecule has 3 atom stereocenters. The van der Waals surface area contributed by atoms with E-state index >= 15 is 0 Å². The fourth-order valence-corrected chi connectivity index (χ4v) is 6.44. The topological polar surface area (TPSA) is 92.0 Å². The Morgan fingerprint density at radius 1 is 1.26 bits per heavy atom. The third kappa shape index (κ3) is 2.53. The summed E-state index contributed by atoms with van der Waals surface area (Å²) in [4.78, 5) is 26.9. The predicted molar refractivity (Wildman–Crippen MR) is 115 cm³/mol. The molecule has 2 bridgehead atoms. The molecule has 164 valence electrons. The molecule has 2 heterocycles. The van der Waals surface area contributed by atoms with E-state index in [1.165, 1.54) is 11.6 Å². The summed E-state index contributed by atoms with van der Waals surface area (Å²) in [5.41, 5.74) is 1.62. The second kappa shape index (κ2) is 6.68. The summed E-state index contributed by atoms with van der Waals surface area (Å²) in [6, 6.07) is 7.52. The van der Waals surface area contributed by atoms with Crippen molar-refractivity contribution in [3.8, 4) is 5.75 Å². The number of likely N-dealkylation sites (N-methyl/N-ethyl adjacent to an activating group) is 1. The quantitative estimate of drug-likeness (QED) is 0.778. The highest BCUT2D eigenvalue weighted by Gasteiger charge is 2.64. The fourth-order valence-electron chi connectivity index (χ4n) is 6.44. The Morgan fingerprint density at radius 3 is 2.71 bits per heavy atom. The van der Waals surface area contributed by atoms with Crippen LogP contribution in [0.15, 0.2) is 29.1 Å². The number of methoxy groups -OCH3 is 1. The van der Waals surface area contributed by atoms with Gasteiger partial charge in [0.1, 0.15) is 11.3 Å². The zero-order valence-corrected chi connectivity index (χ0v) is 18.1. The number of benzene rings is 1. The van der Waals surface area contributed by atoms with Gasteiger partial charge in [-0.2, -0.15) is 0 Å². The molecule has 0 spiro atoms. The van der Waals surface area contributed by atoms with Gasteiger partial charge in [0.25, 0.3) is 5.56 Å². The number of ether oxygens (including phenoxy) is 1. The maximum Gasteiger partial charge on any atom is 0.341 e. The van der Waals surface area contributed by atoms with E-state index in [-0.39, 0.29) is 11.6 Å². The van der Waals surface area contributed by atoms with E-state index in [1.807, 2.05) is 26.1 Å². The van der Waals surface area contributed by atoms with Crippen molar-refractivity contribution in [1.82, 2.24) is 9.47 Å². The minimum atomic E-state index is -1.22. The van der Waals surface area contributed by atoms with Crippen LogP contribution < -0.4 is 10.3 Å². The van der Waals surface area contributed by atoms with E-state index in [2.05, 4.69) is 11.0 Å². The van der Waals surface area contributed by atoms with Crippen molar-refractivity contribution < 1.29 is 19.7 Å². The lowest BCUT2D eigenvalue weighted by atomic mass is 9.49. The van der Waals surface area contributed by atoms with Crippen molar-refractivity contribution in [2.24, 2.45) is 0 Å². The second-order valence-corrected chi connectivity index (χ2v) is 9.22. The molecule has 1 saturated heterocycles. The molecule has 7 heteroatoms. The first-order valence-corrected chi connectivity index (χ1v) is 10.8. The van der Waals surface area contributed by atoms with Crippen molar-refractivity contribution in [3.05, 3.63) is 62.6 Å². The number of carboxylic acids is 1. The molecule has 3 aliphatic rings. The molecule has 0 unspecified atom stereocenters. The summed E-state index contributed by atoms with van der Waals surface area (Å²) in [5.74, 6) is -0.467. The number of rotatable bonds is 3. The van der Waals surface area contributed by atoms with E-state index in [0.717, 1.165) is 42.0 Å². The molecule has 0 saturated carbocycles. The average molecular weight is 424 g/mol. The van der Waals surface area contributed by atoms with E-state index in [0.29, 0.717) is 19.4 Å². The molecule has 2 aromatic rings. The van der Waals surface area contributed by atoms with Gasteiger partial charge in [0.05, 0.1) is 12.7 Å². The first kappa shape index (κ1) is 20.3. The second-order valence-electron chi connectivity index (χ2n) is 9.22. The highest BCUT2D eigenvalue weighted by Crippen LogP contribution is 2.57. The van der Waals surface area contributed by atoms with Gasteiger partial charge >= 0.3 is 5.97 Å². The van der Waals surface area contributed by atoms with E-state index in [1.54, 1.807) is 11.7 Å². The fraction of sp³-hybridized carbons (Fsp3) is 0.500. The van der Waals surface area contributed by atoms with Gasteiger partial charge in [-0.25, -0.2) is 4.79 Å². The van der Waals surface area contributed by atoms with Crippen LogP contribution in [0.1, 0.15) is 46.1 Å². The molecule has 2 aliphatic carbocycles. The van der Waals surface area contributed by atoms with Crippen LogP contribution in [0.25, 0.3) is 0 Å². The Balaban J connectivity index is 1.80. The first-order chi connectivity index (χ1) is 14.8. The molecule has 7 nitrogen and oxygen atoms in total. The number of aromatic carboxylic acids is 1. The lowest BCUT2D eigenvalue weighted by Crippen LogP contribution is -2.73. The number of likely N-dealkylation sites (tertiary alicyclic amines) is 1. The molecule has 0 radical (unpaired) electrons. The van der Waals surface area contributed by atoms with Crippen LogP contribution in [-0.2, 0) is 31.2 Å². The van der Waals surface area contributed by atoms with Gasteiger partial charge in [0.15, 0.2) is 0 Å². The lowest BCUT2D eigenvalue weighted by molar-refractivity contribution is -0.145. The van der Waals surface area contributed by atoms with Crippen LogP contribution >= 0.6 is 0 Å². The van der Waals surface area contributed by atoms with Crippen molar-refractivity contribution in [3.63, 3.8) is 0 Å². The summed E-state index contributed by atoms with van der Waals surface area (Å²) < 4.78 is 7.10. The minimum Gasteiger partial charge on any atom is -0.497 e. The molecule has 1 fully saturated rings. The van der Waals surface area contributed by atoms with Crippen LogP contribution in [0.2, 0.25) is 0 Å². The van der Waals surface area contributed by atoms with Gasteiger partial charge in [0, 0.05) is 36.5 Å². The van der Waals surface area contributed by atoms with Crippen LogP contribution in [-0.4, -0.2) is 58.0 Å². The number of aliphatic hydroxyl groups is 1. The highest BCUT2D eigenvalue weighted by molar-refractivity contribution is 5.87. The molecule has 1 aromatic carbocycles. The van der Waals surface area contributed by atoms with E-state index in [4.69, 9.17) is 4.74 Å². The number of pyridine rings is 1. The Labute approximate surface area is 180 Å². The largest absolute Gasteiger partial charge is 0.497 e. The molecule has 2 N–H and O–H groups in total. The minimum absolute atomic E-state index is 0.0782. The molecule has 0 amide bonds. The summed E-state index contributed by atoms with van der Waals surface area (Å²) >= 11 is 0. The molecule has 1 aliphatic heterocycles. The van der Waals surface area contributed by atoms with Crippen molar-refractivity contribution in [2.45, 2.75) is 56.2 Å². The molecule has 5 rings (SSSR count). The third-order valence-corrected chi connectivity index (χ3v) is 8.02. The highest BCUT2D eigenvalue weighted by atomic mass is 16.5. The van der Waals surface area contributed by atoms with Crippen LogP contribution in [0.4, 0.5) is 0 Å². The number of carboxylic acid groups (broad SMARTS) is 1. The zero-order chi connectivity index (χ0) is 22.1. The normalized spacial score (nSPS) is 29.0. The number of aromatic nitrogens is 1. The average Bonchev–Trinajstić information content (AvgIpc) is 2.74. The molecule has 1 aromatic heterocycles. The van der Waals surface area contributed by atoms with Crippen LogP contribution in [0.3, 0.4) is 0 Å². The number of hydrogen-bond acceptors (Lipinski definition) is 5. The maximum absolute atomic E-state index is 12.9. The van der Waals surface area contributed by atoms with Crippen LogP contribution in [0, 0.1) is 0 Å². The Bertz CT molecular complexity index is 1160. The summed E-state index contributed by atoms with van der Waals surface area (Å²) in [7, 11) is 3.69. The number of hydrogen-bond donors (Lipinski definition) is 2. The lowest BCUT2D eigenvalue weighted by Gasteiger charge is -2.63. The number of nitrogens with zero attached hydrogens (tertiary/aromatic N) is 2. The maximum atomic E-state index is 12.9.